The van der Waals surface area contributed by atoms with E-state index in [0.717, 1.165) is 5.56 Å². The lowest BCUT2D eigenvalue weighted by molar-refractivity contribution is -0.140. The van der Waals surface area contributed by atoms with E-state index in [1.54, 1.807) is 23.1 Å². The van der Waals surface area contributed by atoms with Crippen molar-refractivity contribution in [3.8, 4) is 11.3 Å². The van der Waals surface area contributed by atoms with E-state index in [9.17, 15) is 9.59 Å². The Morgan fingerprint density at radius 2 is 2.08 bits per heavy atom. The van der Waals surface area contributed by atoms with Crippen LogP contribution >= 0.6 is 11.6 Å². The minimum absolute atomic E-state index is 0.157. The number of nitrogens with one attached hydrogen (secondary N) is 1. The lowest BCUT2D eigenvalue weighted by Crippen LogP contribution is -2.36. The van der Waals surface area contributed by atoms with Crippen LogP contribution in [0.1, 0.15) is 30.8 Å². The van der Waals surface area contributed by atoms with Gasteiger partial charge in [-0.05, 0) is 24.1 Å². The molecule has 0 bridgehead atoms. The van der Waals surface area contributed by atoms with Crippen molar-refractivity contribution in [2.45, 2.75) is 20.3 Å². The predicted molar refractivity (Wildman–Crippen MR) is 96.4 cm³/mol. The van der Waals surface area contributed by atoms with E-state index in [0.29, 0.717) is 29.5 Å². The number of ether oxygens (including phenoxy) is 1. The fraction of sp³-hybridized carbons (Fsp3) is 0.389. The first-order valence-corrected chi connectivity index (χ1v) is 8.46. The van der Waals surface area contributed by atoms with Crippen molar-refractivity contribution in [1.29, 1.82) is 0 Å². The molecule has 2 rings (SSSR count). The first kappa shape index (κ1) is 19.0. The summed E-state index contributed by atoms with van der Waals surface area (Å²) in [7, 11) is 1.34. The maximum Gasteiger partial charge on any atom is 0.307 e. The van der Waals surface area contributed by atoms with Crippen LogP contribution in [0.4, 0.5) is 0 Å². The summed E-state index contributed by atoms with van der Waals surface area (Å²) < 4.78 is 4.65. The van der Waals surface area contributed by atoms with Crippen molar-refractivity contribution >= 4 is 23.5 Å². The molecular formula is C18H22ClN3O3. The molecule has 1 aromatic heterocycles. The first-order valence-electron chi connectivity index (χ1n) is 8.08. The van der Waals surface area contributed by atoms with Crippen LogP contribution in [0.15, 0.2) is 30.3 Å². The number of esters is 1. The van der Waals surface area contributed by atoms with Gasteiger partial charge in [-0.1, -0.05) is 37.6 Å². The SMILES string of the molecule is COC(=O)CCN(CC(C)C)C(=O)c1cc(-c2cccc(Cl)c2)n[nH]1. The van der Waals surface area contributed by atoms with Gasteiger partial charge in [0.15, 0.2) is 0 Å². The van der Waals surface area contributed by atoms with Crippen molar-refractivity contribution in [1.82, 2.24) is 15.1 Å². The average Bonchev–Trinajstić information content (AvgIpc) is 3.07. The Labute approximate surface area is 152 Å². The molecule has 0 fully saturated rings. The van der Waals surface area contributed by atoms with Crippen LogP contribution in [0.3, 0.4) is 0 Å². The van der Waals surface area contributed by atoms with E-state index >= 15 is 0 Å². The molecule has 0 saturated carbocycles. The Morgan fingerprint density at radius 3 is 2.72 bits per heavy atom. The number of aromatic amines is 1. The maximum atomic E-state index is 12.8. The molecular weight excluding hydrogens is 342 g/mol. The van der Waals surface area contributed by atoms with Gasteiger partial charge in [0.05, 0.1) is 19.2 Å². The number of nitrogens with zero attached hydrogens (tertiary/aromatic N) is 2. The molecule has 25 heavy (non-hydrogen) atoms. The quantitative estimate of drug-likeness (QED) is 0.765. The van der Waals surface area contributed by atoms with Gasteiger partial charge in [-0.2, -0.15) is 5.10 Å². The molecule has 1 aromatic carbocycles. The van der Waals surface area contributed by atoms with E-state index in [2.05, 4.69) is 14.9 Å². The van der Waals surface area contributed by atoms with E-state index in [-0.39, 0.29) is 24.2 Å². The second-order valence-electron chi connectivity index (χ2n) is 6.15. The summed E-state index contributed by atoms with van der Waals surface area (Å²) in [6, 6.07) is 8.96. The lowest BCUT2D eigenvalue weighted by atomic mass is 10.1. The minimum atomic E-state index is -0.342. The Kier molecular flexibility index (Phi) is 6.58. The molecule has 0 aliphatic carbocycles. The van der Waals surface area contributed by atoms with Gasteiger partial charge in [0, 0.05) is 23.7 Å². The average molecular weight is 364 g/mol. The molecule has 0 radical (unpaired) electrons. The summed E-state index contributed by atoms with van der Waals surface area (Å²) in [6.07, 6.45) is 0.157. The largest absolute Gasteiger partial charge is 0.469 e. The number of rotatable bonds is 7. The zero-order valence-electron chi connectivity index (χ0n) is 14.6. The van der Waals surface area contributed by atoms with Crippen LogP contribution in [0.25, 0.3) is 11.3 Å². The summed E-state index contributed by atoms with van der Waals surface area (Å²) in [4.78, 5) is 25.8. The van der Waals surface area contributed by atoms with Crippen molar-refractivity contribution in [2.24, 2.45) is 5.92 Å². The van der Waals surface area contributed by atoms with E-state index in [1.807, 2.05) is 26.0 Å². The number of benzene rings is 1. The molecule has 0 aliphatic rings. The molecule has 6 nitrogen and oxygen atoms in total. The van der Waals surface area contributed by atoms with Crippen LogP contribution in [0, 0.1) is 5.92 Å². The van der Waals surface area contributed by atoms with Crippen LogP contribution in [-0.2, 0) is 9.53 Å². The minimum Gasteiger partial charge on any atom is -0.469 e. The third-order valence-electron chi connectivity index (χ3n) is 3.61. The summed E-state index contributed by atoms with van der Waals surface area (Å²) in [6.45, 7) is 4.88. The monoisotopic (exact) mass is 363 g/mol. The normalized spacial score (nSPS) is 10.8. The molecule has 7 heteroatoms. The van der Waals surface area contributed by atoms with Crippen LogP contribution in [0.5, 0.6) is 0 Å². The number of carbonyl (C=O) groups excluding carboxylic acids is 2. The van der Waals surface area contributed by atoms with Crippen molar-refractivity contribution in [3.05, 3.63) is 41.0 Å². The molecule has 0 spiro atoms. The number of hydrogen-bond acceptors (Lipinski definition) is 4. The zero-order chi connectivity index (χ0) is 18.4. The predicted octanol–water partition coefficient (Wildman–Crippen LogP) is 3.39. The number of hydrogen-bond donors (Lipinski definition) is 1. The van der Waals surface area contributed by atoms with Crippen molar-refractivity contribution < 1.29 is 14.3 Å². The van der Waals surface area contributed by atoms with Crippen LogP contribution in [-0.4, -0.2) is 47.2 Å². The number of methoxy groups -OCH3 is 1. The highest BCUT2D eigenvalue weighted by molar-refractivity contribution is 6.30. The molecule has 1 heterocycles. The number of halogens is 1. The summed E-state index contributed by atoms with van der Waals surface area (Å²) in [5.74, 6) is -0.263. The van der Waals surface area contributed by atoms with Gasteiger partial charge in [0.1, 0.15) is 5.69 Å². The van der Waals surface area contributed by atoms with Gasteiger partial charge in [-0.15, -0.1) is 0 Å². The molecule has 1 N–H and O–H groups in total. The van der Waals surface area contributed by atoms with E-state index < -0.39 is 0 Å². The van der Waals surface area contributed by atoms with Gasteiger partial charge >= 0.3 is 5.97 Å². The summed E-state index contributed by atoms with van der Waals surface area (Å²) >= 11 is 6.00. The summed E-state index contributed by atoms with van der Waals surface area (Å²) in [5, 5.41) is 7.58. The Morgan fingerprint density at radius 1 is 1.32 bits per heavy atom. The van der Waals surface area contributed by atoms with Gasteiger partial charge < -0.3 is 9.64 Å². The molecule has 134 valence electrons. The third-order valence-corrected chi connectivity index (χ3v) is 3.85. The van der Waals surface area contributed by atoms with Crippen molar-refractivity contribution in [3.63, 3.8) is 0 Å². The number of amides is 1. The highest BCUT2D eigenvalue weighted by atomic mass is 35.5. The molecule has 0 atom stereocenters. The molecule has 1 amide bonds. The Hall–Kier alpha value is -2.34. The number of aromatic nitrogens is 2. The molecule has 0 saturated heterocycles. The molecule has 0 aliphatic heterocycles. The van der Waals surface area contributed by atoms with Crippen LogP contribution in [0.2, 0.25) is 5.02 Å². The fourth-order valence-electron chi connectivity index (χ4n) is 2.44. The Bertz CT molecular complexity index is 743. The maximum absolute atomic E-state index is 12.8. The standard InChI is InChI=1S/C18H22ClN3O3/c1-12(2)11-22(8-7-17(23)25-3)18(24)16-10-15(20-21-16)13-5-4-6-14(19)9-13/h4-6,9-10,12H,7-8,11H2,1-3H3,(H,20,21). The van der Waals surface area contributed by atoms with Crippen molar-refractivity contribution in [2.75, 3.05) is 20.2 Å². The molecule has 0 unspecified atom stereocenters. The zero-order valence-corrected chi connectivity index (χ0v) is 15.3. The van der Waals surface area contributed by atoms with E-state index in [4.69, 9.17) is 11.6 Å². The lowest BCUT2D eigenvalue weighted by Gasteiger charge is -2.23. The van der Waals surface area contributed by atoms with Gasteiger partial charge in [-0.25, -0.2) is 0 Å². The highest BCUT2D eigenvalue weighted by Gasteiger charge is 2.20. The second kappa shape index (κ2) is 8.67. The second-order valence-corrected chi connectivity index (χ2v) is 6.58. The van der Waals surface area contributed by atoms with Crippen LogP contribution < -0.4 is 0 Å². The van der Waals surface area contributed by atoms with Gasteiger partial charge in [-0.3, -0.25) is 14.7 Å². The Balaban J connectivity index is 2.16. The van der Waals surface area contributed by atoms with E-state index in [1.165, 1.54) is 7.11 Å². The highest BCUT2D eigenvalue weighted by Crippen LogP contribution is 2.22. The smallest absolute Gasteiger partial charge is 0.307 e. The number of H-pyrrole nitrogens is 1. The third kappa shape index (κ3) is 5.32. The van der Waals surface area contributed by atoms with Gasteiger partial charge in [0.25, 0.3) is 5.91 Å². The van der Waals surface area contributed by atoms with Gasteiger partial charge in [0.2, 0.25) is 0 Å². The fourth-order valence-corrected chi connectivity index (χ4v) is 2.63. The topological polar surface area (TPSA) is 75.3 Å². The molecule has 2 aromatic rings. The number of carbonyl (C=O) groups is 2. The summed E-state index contributed by atoms with van der Waals surface area (Å²) in [5.41, 5.74) is 1.84. The first-order chi connectivity index (χ1) is 11.9.